The number of anilines is 1. The number of halogens is 1. The highest BCUT2D eigenvalue weighted by Crippen LogP contribution is 2.21. The first-order valence-electron chi connectivity index (χ1n) is 7.93. The standard InChI is InChI=1S/C18H17ClN4OS/c19-15-2-1-3-16(11-15)22-6-8-23(9-7-22)18(24)13-25-17-10-14(12-20)4-5-21-17/h1-5,10-11H,6-9,13H2. The molecule has 7 heteroatoms. The number of hydrogen-bond donors (Lipinski definition) is 0. The van der Waals surface area contributed by atoms with Gasteiger partial charge in [0.05, 0.1) is 22.4 Å². The van der Waals surface area contributed by atoms with E-state index in [0.29, 0.717) is 29.4 Å². The highest BCUT2D eigenvalue weighted by Gasteiger charge is 2.21. The smallest absolute Gasteiger partial charge is 0.233 e. The number of aromatic nitrogens is 1. The van der Waals surface area contributed by atoms with Gasteiger partial charge in [0.1, 0.15) is 0 Å². The van der Waals surface area contributed by atoms with Crippen molar-refractivity contribution in [1.29, 1.82) is 5.26 Å². The minimum absolute atomic E-state index is 0.0971. The lowest BCUT2D eigenvalue weighted by atomic mass is 10.2. The normalized spacial score (nSPS) is 14.2. The molecule has 3 rings (SSSR count). The molecular formula is C18H17ClN4OS. The largest absolute Gasteiger partial charge is 0.368 e. The highest BCUT2D eigenvalue weighted by atomic mass is 35.5. The number of amides is 1. The van der Waals surface area contributed by atoms with Crippen molar-refractivity contribution >= 4 is 35.0 Å². The summed E-state index contributed by atoms with van der Waals surface area (Å²) in [6.07, 6.45) is 1.59. The van der Waals surface area contributed by atoms with Gasteiger partial charge in [0.15, 0.2) is 0 Å². The molecule has 2 aromatic rings. The summed E-state index contributed by atoms with van der Waals surface area (Å²) < 4.78 is 0. The fourth-order valence-corrected chi connectivity index (χ4v) is 3.66. The van der Waals surface area contributed by atoms with Crippen LogP contribution in [0.5, 0.6) is 0 Å². The third-order valence-electron chi connectivity index (χ3n) is 4.01. The van der Waals surface area contributed by atoms with Crippen LogP contribution in [-0.4, -0.2) is 47.7 Å². The number of benzene rings is 1. The lowest BCUT2D eigenvalue weighted by molar-refractivity contribution is -0.128. The van der Waals surface area contributed by atoms with E-state index in [1.165, 1.54) is 11.8 Å². The number of nitriles is 1. The fourth-order valence-electron chi connectivity index (χ4n) is 2.67. The molecule has 1 aromatic carbocycles. The van der Waals surface area contributed by atoms with Crippen molar-refractivity contribution in [3.05, 3.63) is 53.2 Å². The second-order valence-corrected chi connectivity index (χ2v) is 7.06. The van der Waals surface area contributed by atoms with Crippen LogP contribution in [0.2, 0.25) is 5.02 Å². The predicted octanol–water partition coefficient (Wildman–Crippen LogP) is 3.05. The van der Waals surface area contributed by atoms with E-state index in [-0.39, 0.29) is 5.91 Å². The Morgan fingerprint density at radius 3 is 2.76 bits per heavy atom. The van der Waals surface area contributed by atoms with Crippen molar-refractivity contribution in [1.82, 2.24) is 9.88 Å². The first-order chi connectivity index (χ1) is 12.2. The van der Waals surface area contributed by atoms with Crippen molar-refractivity contribution in [2.75, 3.05) is 36.8 Å². The van der Waals surface area contributed by atoms with Gasteiger partial charge in [-0.3, -0.25) is 4.79 Å². The Kier molecular flexibility index (Phi) is 5.79. The van der Waals surface area contributed by atoms with E-state index >= 15 is 0 Å². The SMILES string of the molecule is N#Cc1ccnc(SCC(=O)N2CCN(c3cccc(Cl)c3)CC2)c1. The number of nitrogens with zero attached hydrogens (tertiary/aromatic N) is 4. The first-order valence-corrected chi connectivity index (χ1v) is 9.29. The van der Waals surface area contributed by atoms with Gasteiger partial charge in [-0.2, -0.15) is 5.26 Å². The summed E-state index contributed by atoms with van der Waals surface area (Å²) in [5.41, 5.74) is 1.64. The van der Waals surface area contributed by atoms with Crippen molar-refractivity contribution in [3.8, 4) is 6.07 Å². The highest BCUT2D eigenvalue weighted by molar-refractivity contribution is 7.99. The van der Waals surface area contributed by atoms with E-state index in [2.05, 4.69) is 16.0 Å². The lowest BCUT2D eigenvalue weighted by Gasteiger charge is -2.36. The molecule has 1 fully saturated rings. The van der Waals surface area contributed by atoms with Gasteiger partial charge in [0.25, 0.3) is 0 Å². The second-order valence-electron chi connectivity index (χ2n) is 5.63. The Hall–Kier alpha value is -2.23. The average Bonchev–Trinajstić information content (AvgIpc) is 2.66. The lowest BCUT2D eigenvalue weighted by Crippen LogP contribution is -2.49. The van der Waals surface area contributed by atoms with Gasteiger partial charge >= 0.3 is 0 Å². The Labute approximate surface area is 156 Å². The number of pyridine rings is 1. The molecule has 0 aliphatic carbocycles. The van der Waals surface area contributed by atoms with Crippen LogP contribution >= 0.6 is 23.4 Å². The van der Waals surface area contributed by atoms with Crippen LogP contribution in [-0.2, 0) is 4.79 Å². The fraction of sp³-hybridized carbons (Fsp3) is 0.278. The predicted molar refractivity (Wildman–Crippen MR) is 99.9 cm³/mol. The van der Waals surface area contributed by atoms with Gasteiger partial charge in [-0.1, -0.05) is 29.4 Å². The van der Waals surface area contributed by atoms with Crippen molar-refractivity contribution in [3.63, 3.8) is 0 Å². The Balaban J connectivity index is 1.50. The van der Waals surface area contributed by atoms with Crippen LogP contribution in [0, 0.1) is 11.3 Å². The summed E-state index contributed by atoms with van der Waals surface area (Å²) in [5.74, 6) is 0.430. The summed E-state index contributed by atoms with van der Waals surface area (Å²) in [7, 11) is 0. The molecule has 1 aliphatic heterocycles. The van der Waals surface area contributed by atoms with Crippen molar-refractivity contribution in [2.45, 2.75) is 5.03 Å². The van der Waals surface area contributed by atoms with Crippen LogP contribution in [0.3, 0.4) is 0 Å². The number of carbonyl (C=O) groups excluding carboxylic acids is 1. The third kappa shape index (κ3) is 4.65. The van der Waals surface area contributed by atoms with Gasteiger partial charge in [-0.15, -0.1) is 0 Å². The number of carbonyl (C=O) groups is 1. The van der Waals surface area contributed by atoms with Gasteiger partial charge in [0, 0.05) is 43.1 Å². The first kappa shape index (κ1) is 17.6. The van der Waals surface area contributed by atoms with Crippen LogP contribution in [0.25, 0.3) is 0 Å². The zero-order valence-corrected chi connectivity index (χ0v) is 15.1. The van der Waals surface area contributed by atoms with Crippen LogP contribution in [0.4, 0.5) is 5.69 Å². The van der Waals surface area contributed by atoms with E-state index in [0.717, 1.165) is 23.8 Å². The maximum Gasteiger partial charge on any atom is 0.233 e. The van der Waals surface area contributed by atoms with E-state index in [1.54, 1.807) is 18.3 Å². The van der Waals surface area contributed by atoms with Crippen molar-refractivity contribution in [2.24, 2.45) is 0 Å². The molecule has 1 saturated heterocycles. The molecule has 25 heavy (non-hydrogen) atoms. The molecule has 0 atom stereocenters. The molecule has 0 N–H and O–H groups in total. The van der Waals surface area contributed by atoms with Gasteiger partial charge < -0.3 is 9.80 Å². The zero-order valence-electron chi connectivity index (χ0n) is 13.6. The Morgan fingerprint density at radius 2 is 2.04 bits per heavy atom. The van der Waals surface area contributed by atoms with E-state index in [9.17, 15) is 4.79 Å². The topological polar surface area (TPSA) is 60.2 Å². The molecule has 0 radical (unpaired) electrons. The molecule has 5 nitrogen and oxygen atoms in total. The van der Waals surface area contributed by atoms with Crippen molar-refractivity contribution < 1.29 is 4.79 Å². The molecule has 1 aliphatic rings. The van der Waals surface area contributed by atoms with Crippen LogP contribution in [0.1, 0.15) is 5.56 Å². The Morgan fingerprint density at radius 1 is 1.24 bits per heavy atom. The number of piperazine rings is 1. The molecular weight excluding hydrogens is 356 g/mol. The second kappa shape index (κ2) is 8.24. The average molecular weight is 373 g/mol. The summed E-state index contributed by atoms with van der Waals surface area (Å²) in [5, 5.41) is 10.3. The van der Waals surface area contributed by atoms with Crippen LogP contribution < -0.4 is 4.90 Å². The summed E-state index contributed by atoms with van der Waals surface area (Å²) in [6, 6.07) is 13.2. The molecule has 128 valence electrons. The summed E-state index contributed by atoms with van der Waals surface area (Å²) in [4.78, 5) is 20.7. The van der Waals surface area contributed by atoms with Gasteiger partial charge in [-0.25, -0.2) is 4.98 Å². The molecule has 2 heterocycles. The minimum Gasteiger partial charge on any atom is -0.368 e. The minimum atomic E-state index is 0.0971. The molecule has 0 bridgehead atoms. The third-order valence-corrected chi connectivity index (χ3v) is 5.16. The maximum atomic E-state index is 12.4. The molecule has 0 spiro atoms. The molecule has 0 unspecified atom stereocenters. The zero-order chi connectivity index (χ0) is 17.6. The Bertz CT molecular complexity index is 800. The maximum absolute atomic E-state index is 12.4. The molecule has 1 amide bonds. The van der Waals surface area contributed by atoms with Gasteiger partial charge in [-0.05, 0) is 30.3 Å². The van der Waals surface area contributed by atoms with Crippen LogP contribution in [0.15, 0.2) is 47.6 Å². The summed E-state index contributed by atoms with van der Waals surface area (Å²) in [6.45, 7) is 2.97. The molecule has 0 saturated carbocycles. The van der Waals surface area contributed by atoms with E-state index in [4.69, 9.17) is 16.9 Å². The van der Waals surface area contributed by atoms with E-state index < -0.39 is 0 Å². The number of thioether (sulfide) groups is 1. The van der Waals surface area contributed by atoms with E-state index in [1.807, 2.05) is 29.2 Å². The number of rotatable bonds is 4. The summed E-state index contributed by atoms with van der Waals surface area (Å²) >= 11 is 7.41. The molecule has 1 aromatic heterocycles. The quantitative estimate of drug-likeness (QED) is 0.772. The van der Waals surface area contributed by atoms with Gasteiger partial charge in [0.2, 0.25) is 5.91 Å². The monoisotopic (exact) mass is 372 g/mol. The number of hydrogen-bond acceptors (Lipinski definition) is 5.